The van der Waals surface area contributed by atoms with Crippen LogP contribution >= 0.6 is 0 Å². The van der Waals surface area contributed by atoms with Crippen LogP contribution < -0.4 is 5.73 Å². The summed E-state index contributed by atoms with van der Waals surface area (Å²) in [5, 5.41) is 10.4. The van der Waals surface area contributed by atoms with E-state index in [9.17, 15) is 13.5 Å². The average molecular weight is 309 g/mol. The maximum atomic E-state index is 12.7. The molecule has 0 saturated carbocycles. The van der Waals surface area contributed by atoms with Gasteiger partial charge in [0.2, 0.25) is 10.0 Å². The molecular formula is C14H19N3O3S. The molecule has 0 atom stereocenters. The molecule has 0 aliphatic rings. The first kappa shape index (κ1) is 15.7. The summed E-state index contributed by atoms with van der Waals surface area (Å²) in [6.07, 6.45) is 1.52. The minimum atomic E-state index is -3.76. The van der Waals surface area contributed by atoms with Gasteiger partial charge >= 0.3 is 0 Å². The predicted molar refractivity (Wildman–Crippen MR) is 82.3 cm³/mol. The zero-order valence-electron chi connectivity index (χ0n) is 12.2. The summed E-state index contributed by atoms with van der Waals surface area (Å²) in [6, 6.07) is 6.43. The predicted octanol–water partition coefficient (Wildman–Crippen LogP) is 1.21. The molecule has 114 valence electrons. The number of hydrogen-bond donors (Lipinski definition) is 2. The molecule has 6 nitrogen and oxygen atoms in total. The van der Waals surface area contributed by atoms with Crippen molar-refractivity contribution in [2.75, 3.05) is 19.3 Å². The molecule has 3 N–H and O–H groups in total. The first-order valence-corrected chi connectivity index (χ1v) is 7.89. The molecule has 2 aromatic rings. The second-order valence-electron chi connectivity index (χ2n) is 5.63. The van der Waals surface area contributed by atoms with Gasteiger partial charge in [0.15, 0.2) is 0 Å². The molecule has 7 heteroatoms. The van der Waals surface area contributed by atoms with Gasteiger partial charge in [-0.15, -0.1) is 0 Å². The van der Waals surface area contributed by atoms with E-state index >= 15 is 0 Å². The van der Waals surface area contributed by atoms with Crippen LogP contribution in [0.3, 0.4) is 0 Å². The van der Waals surface area contributed by atoms with Crippen molar-refractivity contribution in [1.29, 1.82) is 0 Å². The number of nitrogens with zero attached hydrogens (tertiary/aromatic N) is 2. The lowest BCUT2D eigenvalue weighted by Crippen LogP contribution is -2.39. The molecule has 0 amide bonds. The second kappa shape index (κ2) is 5.25. The molecule has 0 unspecified atom stereocenters. The van der Waals surface area contributed by atoms with Crippen molar-refractivity contribution in [2.24, 2.45) is 0 Å². The Kier molecular flexibility index (Phi) is 3.92. The number of nitrogen functional groups attached to an aromatic ring is 1. The molecule has 0 radical (unpaired) electrons. The summed E-state index contributed by atoms with van der Waals surface area (Å²) in [5.74, 6) is 0. The lowest BCUT2D eigenvalue weighted by Gasteiger charge is -2.25. The Morgan fingerprint density at radius 1 is 1.33 bits per heavy atom. The fraction of sp³-hybridized carbons (Fsp3) is 0.357. The number of benzene rings is 1. The van der Waals surface area contributed by atoms with Gasteiger partial charge in [0.1, 0.15) is 4.90 Å². The molecule has 21 heavy (non-hydrogen) atoms. The maximum Gasteiger partial charge on any atom is 0.245 e. The highest BCUT2D eigenvalue weighted by Gasteiger charge is 2.28. The van der Waals surface area contributed by atoms with E-state index in [1.54, 1.807) is 32.0 Å². The van der Waals surface area contributed by atoms with Crippen LogP contribution in [0.5, 0.6) is 0 Å². The first-order valence-electron chi connectivity index (χ1n) is 6.45. The summed E-state index contributed by atoms with van der Waals surface area (Å²) in [6.45, 7) is 3.09. The van der Waals surface area contributed by atoms with Crippen LogP contribution in [0.1, 0.15) is 13.8 Å². The van der Waals surface area contributed by atoms with Gasteiger partial charge in [-0.05, 0) is 38.1 Å². The Morgan fingerprint density at radius 3 is 2.62 bits per heavy atom. The Balaban J connectivity index is 2.58. The van der Waals surface area contributed by atoms with Crippen molar-refractivity contribution < 1.29 is 13.5 Å². The van der Waals surface area contributed by atoms with E-state index in [0.29, 0.717) is 16.6 Å². The monoisotopic (exact) mass is 309 g/mol. The normalized spacial score (nSPS) is 13.0. The van der Waals surface area contributed by atoms with Gasteiger partial charge in [-0.1, -0.05) is 0 Å². The number of pyridine rings is 1. The fourth-order valence-electron chi connectivity index (χ4n) is 2.17. The van der Waals surface area contributed by atoms with Crippen LogP contribution in [-0.2, 0) is 10.0 Å². The van der Waals surface area contributed by atoms with Crippen molar-refractivity contribution in [3.63, 3.8) is 0 Å². The number of nitrogens with two attached hydrogens (primary N) is 1. The topological polar surface area (TPSA) is 96.5 Å². The average Bonchev–Trinajstić information content (AvgIpc) is 2.37. The highest BCUT2D eigenvalue weighted by Crippen LogP contribution is 2.28. The Labute approximate surface area is 124 Å². The summed E-state index contributed by atoms with van der Waals surface area (Å²) >= 11 is 0. The van der Waals surface area contributed by atoms with E-state index in [-0.39, 0.29) is 11.4 Å². The van der Waals surface area contributed by atoms with E-state index in [1.807, 2.05) is 0 Å². The fourth-order valence-corrected chi connectivity index (χ4v) is 3.64. The van der Waals surface area contributed by atoms with Crippen LogP contribution in [-0.4, -0.2) is 42.0 Å². The number of anilines is 1. The van der Waals surface area contributed by atoms with Gasteiger partial charge in [0.05, 0.1) is 11.1 Å². The number of rotatable bonds is 4. The third kappa shape index (κ3) is 3.15. The lowest BCUT2D eigenvalue weighted by atomic mass is 10.1. The Morgan fingerprint density at radius 2 is 2.00 bits per heavy atom. The van der Waals surface area contributed by atoms with Crippen molar-refractivity contribution in [1.82, 2.24) is 9.29 Å². The number of aromatic nitrogens is 1. The summed E-state index contributed by atoms with van der Waals surface area (Å²) in [7, 11) is -2.33. The Bertz CT molecular complexity index is 767. The molecular weight excluding hydrogens is 290 g/mol. The van der Waals surface area contributed by atoms with Crippen molar-refractivity contribution in [2.45, 2.75) is 24.3 Å². The van der Waals surface area contributed by atoms with E-state index in [4.69, 9.17) is 5.73 Å². The molecule has 0 saturated heterocycles. The number of hydrogen-bond acceptors (Lipinski definition) is 5. The third-order valence-electron chi connectivity index (χ3n) is 3.06. The highest BCUT2D eigenvalue weighted by molar-refractivity contribution is 7.89. The minimum absolute atomic E-state index is 0.0198. The smallest absolute Gasteiger partial charge is 0.245 e. The molecule has 1 aromatic carbocycles. The SMILES string of the molecule is CN(CC(C)(C)O)S(=O)(=O)c1ccc(N)c2cccnc12. The number of aliphatic hydroxyl groups is 1. The van der Waals surface area contributed by atoms with E-state index < -0.39 is 15.6 Å². The summed E-state index contributed by atoms with van der Waals surface area (Å²) < 4.78 is 26.5. The summed E-state index contributed by atoms with van der Waals surface area (Å²) in [4.78, 5) is 4.22. The number of likely N-dealkylation sites (N-methyl/N-ethyl adjacent to an activating group) is 1. The molecule has 2 rings (SSSR count). The summed E-state index contributed by atoms with van der Waals surface area (Å²) in [5.41, 5.74) is 5.54. The lowest BCUT2D eigenvalue weighted by molar-refractivity contribution is 0.0640. The molecule has 1 aromatic heterocycles. The van der Waals surface area contributed by atoms with Gasteiger partial charge < -0.3 is 10.8 Å². The van der Waals surface area contributed by atoms with Crippen LogP contribution in [0.15, 0.2) is 35.4 Å². The molecule has 0 bridgehead atoms. The van der Waals surface area contributed by atoms with Gasteiger partial charge in [0, 0.05) is 30.9 Å². The van der Waals surface area contributed by atoms with E-state index in [2.05, 4.69) is 4.98 Å². The van der Waals surface area contributed by atoms with Crippen LogP contribution in [0, 0.1) is 0 Å². The second-order valence-corrected chi connectivity index (χ2v) is 7.64. The van der Waals surface area contributed by atoms with E-state index in [0.717, 1.165) is 4.31 Å². The largest absolute Gasteiger partial charge is 0.398 e. The molecule has 0 aliphatic heterocycles. The standard InChI is InChI=1S/C14H19N3O3S/c1-14(2,18)9-17(3)21(19,20)12-7-6-11(15)10-5-4-8-16-13(10)12/h4-8,18H,9,15H2,1-3H3. The molecule has 1 heterocycles. The molecule has 0 fully saturated rings. The van der Waals surface area contributed by atoms with Crippen molar-refractivity contribution in [3.8, 4) is 0 Å². The van der Waals surface area contributed by atoms with Crippen molar-refractivity contribution >= 4 is 26.6 Å². The van der Waals surface area contributed by atoms with Gasteiger partial charge in [-0.2, -0.15) is 4.31 Å². The van der Waals surface area contributed by atoms with Gasteiger partial charge in [0.25, 0.3) is 0 Å². The first-order chi connectivity index (χ1) is 9.63. The van der Waals surface area contributed by atoms with E-state index in [1.165, 1.54) is 19.3 Å². The highest BCUT2D eigenvalue weighted by atomic mass is 32.2. The van der Waals surface area contributed by atoms with Crippen molar-refractivity contribution in [3.05, 3.63) is 30.5 Å². The number of sulfonamides is 1. The van der Waals surface area contributed by atoms with Crippen LogP contribution in [0.4, 0.5) is 5.69 Å². The van der Waals surface area contributed by atoms with Crippen LogP contribution in [0.2, 0.25) is 0 Å². The zero-order chi connectivity index (χ0) is 15.8. The molecule has 0 spiro atoms. The number of fused-ring (bicyclic) bond motifs is 1. The van der Waals surface area contributed by atoms with Gasteiger partial charge in [-0.3, -0.25) is 4.98 Å². The third-order valence-corrected chi connectivity index (χ3v) is 4.90. The maximum absolute atomic E-state index is 12.7. The van der Waals surface area contributed by atoms with Crippen LogP contribution in [0.25, 0.3) is 10.9 Å². The minimum Gasteiger partial charge on any atom is -0.398 e. The Hall–Kier alpha value is -1.70. The quantitative estimate of drug-likeness (QED) is 0.827. The van der Waals surface area contributed by atoms with Gasteiger partial charge in [-0.25, -0.2) is 8.42 Å². The zero-order valence-corrected chi connectivity index (χ0v) is 13.1. The molecule has 0 aliphatic carbocycles.